The molecule has 0 aromatic rings. The lowest BCUT2D eigenvalue weighted by molar-refractivity contribution is 0.267. The molecule has 0 saturated heterocycles. The first-order valence-electron chi connectivity index (χ1n) is 2.22. The number of nitriles is 1. The van der Waals surface area contributed by atoms with Crippen LogP contribution in [0, 0.1) is 11.5 Å². The highest BCUT2D eigenvalue weighted by molar-refractivity contribution is 7.96. The Morgan fingerprint density at radius 1 is 1.67 bits per heavy atom. The Kier molecular flexibility index (Phi) is 24.2. The summed E-state index contributed by atoms with van der Waals surface area (Å²) in [6.07, 6.45) is 2.77. The summed E-state index contributed by atoms with van der Waals surface area (Å²) in [5.74, 6) is 0. The number of rotatable bonds is 0. The Morgan fingerprint density at radius 2 is 1.92 bits per heavy atom. The van der Waals surface area contributed by atoms with Crippen LogP contribution in [0.25, 0.3) is 0 Å². The lowest BCUT2D eigenvalue weighted by Gasteiger charge is -1.80. The number of carbonyl (C=O) groups excluding carboxylic acids is 1. The first-order valence-corrected chi connectivity index (χ1v) is 3.83. The molecule has 1 amide bonds. The first kappa shape index (κ1) is 17.4. The molecule has 0 radical (unpaired) electrons. The topological polar surface area (TPSA) is 102 Å². The van der Waals surface area contributed by atoms with Gasteiger partial charge < -0.3 is 16.2 Å². The van der Waals surface area contributed by atoms with Crippen molar-refractivity contribution in [3.63, 3.8) is 0 Å². The molecule has 0 aliphatic rings. The molecule has 0 rings (SSSR count). The maximum Gasteiger partial charge on any atom is 0.294 e. The third-order valence-electron chi connectivity index (χ3n) is 0.146. The maximum atomic E-state index is 9.09. The predicted octanol–water partition coefficient (Wildman–Crippen LogP) is 0.578. The molecular formula is C4H8ClN3O2S2. The van der Waals surface area contributed by atoms with E-state index in [2.05, 4.69) is 52.7 Å². The van der Waals surface area contributed by atoms with E-state index in [4.69, 9.17) is 10.1 Å². The molecule has 70 valence electrons. The van der Waals surface area contributed by atoms with Gasteiger partial charge in [-0.05, 0) is 12.2 Å². The standard InChI is InChI=1S/C2H2N2OS.CH3Cl.CH3NOS/c3-1-5-2(4)6;1-2;2-1(3)4/h(H2,4,6);1H3;(H3,2,3,4). The summed E-state index contributed by atoms with van der Waals surface area (Å²) in [6.45, 7) is 0. The van der Waals surface area contributed by atoms with Gasteiger partial charge in [-0.25, -0.2) is 0 Å². The van der Waals surface area contributed by atoms with Crippen LogP contribution in [0.2, 0.25) is 0 Å². The fraction of sp³-hybridized carbons (Fsp3) is 0.250. The van der Waals surface area contributed by atoms with Crippen molar-refractivity contribution < 1.29 is 9.53 Å². The number of carbonyl (C=O) groups is 1. The molecule has 0 fully saturated rings. The Balaban J connectivity index is -0.000000118. The lowest BCUT2D eigenvalue weighted by Crippen LogP contribution is -2.08. The zero-order valence-electron chi connectivity index (χ0n) is 6.15. The monoisotopic (exact) mass is 229 g/mol. The smallest absolute Gasteiger partial charge is 0.294 e. The lowest BCUT2D eigenvalue weighted by atomic mass is 11.3. The molecule has 12 heavy (non-hydrogen) atoms. The third-order valence-corrected chi connectivity index (χ3v) is 0.230. The van der Waals surface area contributed by atoms with Crippen molar-refractivity contribution in [2.24, 2.45) is 11.5 Å². The number of thiocarbonyl (C=S) groups is 1. The average Bonchev–Trinajstić information content (AvgIpc) is 1.90. The molecule has 0 saturated carbocycles. The highest BCUT2D eigenvalue weighted by atomic mass is 35.5. The van der Waals surface area contributed by atoms with Crippen LogP contribution in [-0.4, -0.2) is 16.8 Å². The van der Waals surface area contributed by atoms with Gasteiger partial charge in [-0.3, -0.25) is 4.79 Å². The zero-order chi connectivity index (χ0) is 10.6. The van der Waals surface area contributed by atoms with Crippen molar-refractivity contribution in [2.75, 3.05) is 6.38 Å². The minimum absolute atomic E-state index is 0.238. The minimum atomic E-state index is -0.639. The molecule has 0 aromatic heterocycles. The Hall–Kier alpha value is -0.710. The van der Waals surface area contributed by atoms with Gasteiger partial charge >= 0.3 is 0 Å². The quantitative estimate of drug-likeness (QED) is 0.244. The van der Waals surface area contributed by atoms with E-state index in [0.717, 1.165) is 0 Å². The number of hydrogen-bond donors (Lipinski definition) is 3. The Bertz CT molecular complexity index is 166. The fourth-order valence-electron chi connectivity index (χ4n) is 0.0450. The van der Waals surface area contributed by atoms with E-state index in [9.17, 15) is 0 Å². The number of ether oxygens (including phenoxy) is 1. The first-order chi connectivity index (χ1) is 5.50. The number of halogens is 1. The van der Waals surface area contributed by atoms with Gasteiger partial charge in [0, 0.05) is 6.38 Å². The van der Waals surface area contributed by atoms with E-state index in [0.29, 0.717) is 0 Å². The van der Waals surface area contributed by atoms with Crippen molar-refractivity contribution in [1.82, 2.24) is 0 Å². The summed E-state index contributed by atoms with van der Waals surface area (Å²) >= 11 is 11.9. The van der Waals surface area contributed by atoms with E-state index in [1.54, 1.807) is 0 Å². The maximum absolute atomic E-state index is 9.09. The molecular weight excluding hydrogens is 222 g/mol. The predicted molar refractivity (Wildman–Crippen MR) is 53.8 cm³/mol. The normalized spacial score (nSPS) is 5.50. The van der Waals surface area contributed by atoms with Crippen LogP contribution in [-0.2, 0) is 4.74 Å². The van der Waals surface area contributed by atoms with Gasteiger partial charge in [-0.2, -0.15) is 0 Å². The van der Waals surface area contributed by atoms with Crippen LogP contribution in [0.1, 0.15) is 0 Å². The highest BCUT2D eigenvalue weighted by Crippen LogP contribution is 1.63. The van der Waals surface area contributed by atoms with Gasteiger partial charge in [0.2, 0.25) is 0 Å². The molecule has 0 bridgehead atoms. The molecule has 0 aliphatic carbocycles. The van der Waals surface area contributed by atoms with E-state index in [1.165, 1.54) is 12.6 Å². The van der Waals surface area contributed by atoms with Crippen molar-refractivity contribution in [3.8, 4) is 6.26 Å². The third kappa shape index (κ3) is 122. The van der Waals surface area contributed by atoms with Gasteiger partial charge in [-0.15, -0.1) is 16.9 Å². The van der Waals surface area contributed by atoms with Crippen LogP contribution in [0.15, 0.2) is 0 Å². The minimum Gasteiger partial charge on any atom is -0.361 e. The summed E-state index contributed by atoms with van der Waals surface area (Å²) < 4.78 is 3.86. The molecule has 4 N–H and O–H groups in total. The number of thiol groups is 1. The Morgan fingerprint density at radius 3 is 1.92 bits per heavy atom. The second-order valence-electron chi connectivity index (χ2n) is 0.851. The fourth-order valence-corrected chi connectivity index (χ4v) is 0.0823. The summed E-state index contributed by atoms with van der Waals surface area (Å²) in [5, 5.41) is 6.72. The molecule has 0 aliphatic heterocycles. The van der Waals surface area contributed by atoms with E-state index < -0.39 is 5.24 Å². The molecule has 8 heteroatoms. The average molecular weight is 230 g/mol. The number of nitrogens with zero attached hydrogens (tertiary/aromatic N) is 1. The van der Waals surface area contributed by atoms with E-state index >= 15 is 0 Å². The number of nitrogens with two attached hydrogens (primary N) is 2. The Labute approximate surface area is 86.0 Å². The summed E-state index contributed by atoms with van der Waals surface area (Å²) in [6, 6.07) is 0. The molecule has 0 unspecified atom stereocenters. The second kappa shape index (κ2) is 16.7. The van der Waals surface area contributed by atoms with Crippen molar-refractivity contribution >= 4 is 46.9 Å². The van der Waals surface area contributed by atoms with Crippen LogP contribution < -0.4 is 11.5 Å². The van der Waals surface area contributed by atoms with Gasteiger partial charge in [0.05, 0.1) is 0 Å². The van der Waals surface area contributed by atoms with E-state index in [1.807, 2.05) is 0 Å². The number of alkyl halides is 1. The molecule has 0 heterocycles. The van der Waals surface area contributed by atoms with Crippen LogP contribution in [0.3, 0.4) is 0 Å². The second-order valence-corrected chi connectivity index (χ2v) is 1.69. The van der Waals surface area contributed by atoms with Gasteiger partial charge in [-0.1, -0.05) is 12.6 Å². The summed E-state index contributed by atoms with van der Waals surface area (Å²) in [7, 11) is 0. The van der Waals surface area contributed by atoms with Crippen LogP contribution in [0.5, 0.6) is 0 Å². The largest absolute Gasteiger partial charge is 0.361 e. The van der Waals surface area contributed by atoms with E-state index in [-0.39, 0.29) is 5.17 Å². The number of hydrogen-bond acceptors (Lipinski definition) is 4. The summed E-state index contributed by atoms with van der Waals surface area (Å²) in [4.78, 5) is 9.09. The van der Waals surface area contributed by atoms with Gasteiger partial charge in [0.15, 0.2) is 0 Å². The molecule has 0 atom stereocenters. The number of amides is 1. The molecule has 0 spiro atoms. The zero-order valence-corrected chi connectivity index (χ0v) is 8.62. The molecule has 0 aromatic carbocycles. The summed E-state index contributed by atoms with van der Waals surface area (Å²) in [5.41, 5.74) is 9.03. The van der Waals surface area contributed by atoms with Gasteiger partial charge in [0.1, 0.15) is 0 Å². The van der Waals surface area contributed by atoms with Crippen LogP contribution >= 0.6 is 36.4 Å². The van der Waals surface area contributed by atoms with Gasteiger partial charge in [0.25, 0.3) is 16.7 Å². The SMILES string of the molecule is CCl.N#COC(N)=S.NC(=O)S. The van der Waals surface area contributed by atoms with Crippen molar-refractivity contribution in [3.05, 3.63) is 0 Å². The molecule has 5 nitrogen and oxygen atoms in total. The van der Waals surface area contributed by atoms with Crippen LogP contribution in [0.4, 0.5) is 4.79 Å². The van der Waals surface area contributed by atoms with Crippen molar-refractivity contribution in [1.29, 1.82) is 5.26 Å². The highest BCUT2D eigenvalue weighted by Gasteiger charge is 1.77. The number of primary amides is 1. The van der Waals surface area contributed by atoms with Crippen molar-refractivity contribution in [2.45, 2.75) is 0 Å².